The zero-order valence-corrected chi connectivity index (χ0v) is 24.0. The Morgan fingerprint density at radius 2 is 1.61 bits per heavy atom. The molecule has 7 nitrogen and oxygen atoms in total. The first kappa shape index (κ1) is 32.0. The smallest absolute Gasteiger partial charge is 0.352 e. The third-order valence-electron chi connectivity index (χ3n) is 5.38. The summed E-state index contributed by atoms with van der Waals surface area (Å²) in [7, 11) is -4.29. The second-order valence-electron chi connectivity index (χ2n) is 8.79. The summed E-state index contributed by atoms with van der Waals surface area (Å²) >= 11 is 18.2. The number of nitrogens with zero attached hydrogens (tertiary/aromatic N) is 2. The van der Waals surface area contributed by atoms with E-state index in [1.165, 1.54) is 12.1 Å². The molecule has 0 aliphatic heterocycles. The van der Waals surface area contributed by atoms with E-state index in [4.69, 9.17) is 34.8 Å². The van der Waals surface area contributed by atoms with Crippen LogP contribution in [0.2, 0.25) is 15.1 Å². The molecule has 0 spiro atoms. The van der Waals surface area contributed by atoms with Crippen molar-refractivity contribution in [1.29, 1.82) is 0 Å². The zero-order chi connectivity index (χ0) is 29.0. The van der Waals surface area contributed by atoms with Crippen molar-refractivity contribution < 1.29 is 31.2 Å². The fourth-order valence-electron chi connectivity index (χ4n) is 3.61. The monoisotopic (exact) mass is 615 g/mol. The van der Waals surface area contributed by atoms with E-state index in [2.05, 4.69) is 5.32 Å². The van der Waals surface area contributed by atoms with Crippen molar-refractivity contribution in [1.82, 2.24) is 10.2 Å². The summed E-state index contributed by atoms with van der Waals surface area (Å²) in [5.74, 6) is -1.33. The van der Waals surface area contributed by atoms with E-state index in [1.54, 1.807) is 26.8 Å². The van der Waals surface area contributed by atoms with Gasteiger partial charge in [0, 0.05) is 12.6 Å². The highest BCUT2D eigenvalue weighted by Crippen LogP contribution is 2.36. The summed E-state index contributed by atoms with van der Waals surface area (Å²) in [6.07, 6.45) is -3.88. The van der Waals surface area contributed by atoms with Crippen molar-refractivity contribution in [2.75, 3.05) is 17.1 Å². The van der Waals surface area contributed by atoms with E-state index < -0.39 is 51.9 Å². The van der Waals surface area contributed by atoms with E-state index >= 15 is 0 Å². The summed E-state index contributed by atoms with van der Waals surface area (Å²) in [6, 6.07) is 5.46. The predicted octanol–water partition coefficient (Wildman–Crippen LogP) is 5.76. The van der Waals surface area contributed by atoms with Gasteiger partial charge in [-0.1, -0.05) is 47.8 Å². The molecule has 0 saturated carbocycles. The van der Waals surface area contributed by atoms with Gasteiger partial charge < -0.3 is 10.2 Å². The Kier molecular flexibility index (Phi) is 10.7. The van der Waals surface area contributed by atoms with Crippen molar-refractivity contribution >= 4 is 62.3 Å². The molecule has 0 saturated heterocycles. The van der Waals surface area contributed by atoms with Crippen LogP contribution in [0.15, 0.2) is 36.4 Å². The number of sulfonamides is 1. The number of amides is 2. The lowest BCUT2D eigenvalue weighted by atomic mass is 10.1. The molecule has 2 aromatic carbocycles. The van der Waals surface area contributed by atoms with Crippen LogP contribution < -0.4 is 9.62 Å². The van der Waals surface area contributed by atoms with Gasteiger partial charge in [0.05, 0.1) is 32.6 Å². The highest BCUT2D eigenvalue weighted by molar-refractivity contribution is 7.92. The number of halogens is 6. The highest BCUT2D eigenvalue weighted by atomic mass is 35.5. The van der Waals surface area contributed by atoms with E-state index in [0.717, 1.165) is 17.2 Å². The molecule has 0 aromatic heterocycles. The largest absolute Gasteiger partial charge is 0.416 e. The summed E-state index contributed by atoms with van der Waals surface area (Å²) in [5, 5.41) is 2.88. The molecule has 2 rings (SSSR count). The van der Waals surface area contributed by atoms with Gasteiger partial charge >= 0.3 is 6.18 Å². The van der Waals surface area contributed by atoms with Crippen LogP contribution in [-0.2, 0) is 32.3 Å². The number of benzene rings is 2. The van der Waals surface area contributed by atoms with Gasteiger partial charge in [-0.2, -0.15) is 13.2 Å². The Morgan fingerprint density at radius 1 is 1.00 bits per heavy atom. The number of alkyl halides is 3. The van der Waals surface area contributed by atoms with Crippen LogP contribution in [-0.4, -0.2) is 50.0 Å². The van der Waals surface area contributed by atoms with Crippen molar-refractivity contribution in [3.63, 3.8) is 0 Å². The van der Waals surface area contributed by atoms with E-state index in [1.807, 2.05) is 0 Å². The lowest BCUT2D eigenvalue weighted by Gasteiger charge is -2.33. The van der Waals surface area contributed by atoms with Crippen LogP contribution in [0.3, 0.4) is 0 Å². The van der Waals surface area contributed by atoms with Gasteiger partial charge in [0.1, 0.15) is 12.6 Å². The Bertz CT molecular complexity index is 1290. The predicted molar refractivity (Wildman–Crippen MR) is 143 cm³/mol. The third-order valence-corrected chi connectivity index (χ3v) is 7.56. The lowest BCUT2D eigenvalue weighted by molar-refractivity contribution is -0.140. The van der Waals surface area contributed by atoms with Crippen LogP contribution >= 0.6 is 34.8 Å². The number of carbonyl (C=O) groups is 2. The van der Waals surface area contributed by atoms with Gasteiger partial charge in [0.2, 0.25) is 21.8 Å². The number of rotatable bonds is 10. The minimum Gasteiger partial charge on any atom is -0.352 e. The van der Waals surface area contributed by atoms with Gasteiger partial charge in [-0.05, 0) is 56.2 Å². The summed E-state index contributed by atoms with van der Waals surface area (Å²) < 4.78 is 65.9. The number of hydrogen-bond acceptors (Lipinski definition) is 4. The molecular weight excluding hydrogens is 590 g/mol. The van der Waals surface area contributed by atoms with Gasteiger partial charge in [-0.15, -0.1) is 0 Å². The second-order valence-corrected chi connectivity index (χ2v) is 11.9. The van der Waals surface area contributed by atoms with Gasteiger partial charge in [0.25, 0.3) is 0 Å². The van der Waals surface area contributed by atoms with Gasteiger partial charge in [-0.3, -0.25) is 13.9 Å². The normalized spacial score (nSPS) is 12.8. The maximum absolute atomic E-state index is 13.6. The minimum absolute atomic E-state index is 0.159. The molecule has 0 heterocycles. The molecule has 0 radical (unpaired) electrons. The minimum atomic E-state index is -4.78. The molecule has 0 aliphatic rings. The van der Waals surface area contributed by atoms with Crippen LogP contribution in [0.1, 0.15) is 38.3 Å². The van der Waals surface area contributed by atoms with Crippen LogP contribution in [0.5, 0.6) is 0 Å². The Hall–Kier alpha value is -2.21. The molecule has 1 N–H and O–H groups in total. The van der Waals surface area contributed by atoms with Crippen molar-refractivity contribution in [2.24, 2.45) is 0 Å². The van der Waals surface area contributed by atoms with Crippen LogP contribution in [0.25, 0.3) is 0 Å². The molecule has 0 unspecified atom stereocenters. The summed E-state index contributed by atoms with van der Waals surface area (Å²) in [4.78, 5) is 27.8. The molecule has 2 aromatic rings. The average Bonchev–Trinajstić information content (AvgIpc) is 2.78. The first-order valence-corrected chi connectivity index (χ1v) is 14.3. The summed E-state index contributed by atoms with van der Waals surface area (Å²) in [6.45, 7) is 4.06. The highest BCUT2D eigenvalue weighted by Gasteiger charge is 2.35. The van der Waals surface area contributed by atoms with Crippen molar-refractivity contribution in [3.05, 3.63) is 62.6 Å². The maximum atomic E-state index is 13.6. The summed E-state index contributed by atoms with van der Waals surface area (Å²) in [5.41, 5.74) is -1.17. The SMILES string of the molecule is CC[C@H](C(=O)NC(C)C)N(Cc1ccc(Cl)c(Cl)c1)C(=O)CN(c1cc(C(F)(F)F)ccc1Cl)S(C)(=O)=O. The lowest BCUT2D eigenvalue weighted by Crippen LogP contribution is -2.53. The zero-order valence-electron chi connectivity index (χ0n) is 20.9. The number of carbonyl (C=O) groups excluding carboxylic acids is 2. The Morgan fingerprint density at radius 3 is 2.11 bits per heavy atom. The molecule has 2 amide bonds. The first-order chi connectivity index (χ1) is 17.4. The fourth-order valence-corrected chi connectivity index (χ4v) is 5.05. The van der Waals surface area contributed by atoms with E-state index in [9.17, 15) is 31.2 Å². The second kappa shape index (κ2) is 12.8. The molecule has 1 atom stereocenters. The molecule has 210 valence electrons. The standard InChI is InChI=1S/C24H27Cl3F3N3O4S/c1-5-20(23(35)31-14(2)3)32(12-15-6-8-17(25)19(27)10-15)22(34)13-33(38(4,36)37)21-11-16(24(28,29)30)7-9-18(21)26/h6-11,14,20H,5,12-13H2,1-4H3,(H,31,35)/t20-/m1/s1. The molecular formula is C24H27Cl3F3N3O4S. The van der Waals surface area contributed by atoms with Gasteiger partial charge in [0.15, 0.2) is 0 Å². The number of anilines is 1. The maximum Gasteiger partial charge on any atom is 0.416 e. The molecule has 14 heteroatoms. The topological polar surface area (TPSA) is 86.8 Å². The third kappa shape index (κ3) is 8.39. The molecule has 38 heavy (non-hydrogen) atoms. The Balaban J connectivity index is 2.57. The fraction of sp³-hybridized carbons (Fsp3) is 0.417. The van der Waals surface area contributed by atoms with Crippen molar-refractivity contribution in [3.8, 4) is 0 Å². The average molecular weight is 617 g/mol. The number of hydrogen-bond donors (Lipinski definition) is 1. The van der Waals surface area contributed by atoms with E-state index in [-0.39, 0.29) is 34.1 Å². The Labute approximate surface area is 234 Å². The van der Waals surface area contributed by atoms with Gasteiger partial charge in [-0.25, -0.2) is 8.42 Å². The first-order valence-electron chi connectivity index (χ1n) is 11.3. The molecule has 0 bridgehead atoms. The molecule has 0 fully saturated rings. The van der Waals surface area contributed by atoms with Crippen LogP contribution in [0, 0.1) is 0 Å². The number of nitrogens with one attached hydrogen (secondary N) is 1. The van der Waals surface area contributed by atoms with Crippen molar-refractivity contribution in [2.45, 2.75) is 52.0 Å². The quantitative estimate of drug-likeness (QED) is 0.368. The van der Waals surface area contributed by atoms with Crippen LogP contribution in [0.4, 0.5) is 18.9 Å². The van der Waals surface area contributed by atoms with E-state index in [0.29, 0.717) is 22.0 Å². The molecule has 0 aliphatic carbocycles.